The lowest BCUT2D eigenvalue weighted by Gasteiger charge is -1.93. The molecule has 5 nitrogen and oxygen atoms in total. The van der Waals surface area contributed by atoms with E-state index in [0.717, 1.165) is 12.1 Å². The van der Waals surface area contributed by atoms with Gasteiger partial charge in [0.05, 0.1) is 5.69 Å². The van der Waals surface area contributed by atoms with Gasteiger partial charge in [-0.05, 0) is 12.5 Å². The van der Waals surface area contributed by atoms with E-state index < -0.39 is 5.97 Å². The van der Waals surface area contributed by atoms with Gasteiger partial charge in [-0.1, -0.05) is 6.92 Å². The highest BCUT2D eigenvalue weighted by Gasteiger charge is 2.06. The van der Waals surface area contributed by atoms with Crippen molar-refractivity contribution >= 4 is 11.6 Å². The predicted molar refractivity (Wildman–Crippen MR) is 49.3 cm³/mol. The molecule has 0 aliphatic rings. The number of carboxylic acids is 1. The van der Waals surface area contributed by atoms with Crippen LogP contribution in [0.1, 0.15) is 23.1 Å². The number of carbonyl (C=O) groups is 1. The maximum atomic E-state index is 10.6. The van der Waals surface area contributed by atoms with Crippen molar-refractivity contribution in [3.8, 4) is 0 Å². The van der Waals surface area contributed by atoms with Crippen LogP contribution in [0.3, 0.4) is 0 Å². The van der Waals surface area contributed by atoms with Crippen LogP contribution >= 0.6 is 0 Å². The van der Waals surface area contributed by atoms with Crippen LogP contribution < -0.4 is 0 Å². The highest BCUT2D eigenvalue weighted by atomic mass is 16.4. The Morgan fingerprint density at radius 1 is 1.64 bits per heavy atom. The summed E-state index contributed by atoms with van der Waals surface area (Å²) in [7, 11) is 0. The first-order valence-electron chi connectivity index (χ1n) is 4.29. The molecule has 0 saturated carbocycles. The third-order valence-electron chi connectivity index (χ3n) is 1.96. The van der Waals surface area contributed by atoms with Crippen molar-refractivity contribution in [2.75, 3.05) is 0 Å². The van der Waals surface area contributed by atoms with Crippen LogP contribution in [0.15, 0.2) is 18.3 Å². The van der Waals surface area contributed by atoms with Gasteiger partial charge in [-0.15, -0.1) is 0 Å². The van der Waals surface area contributed by atoms with Gasteiger partial charge < -0.3 is 5.11 Å². The Morgan fingerprint density at radius 3 is 3.07 bits per heavy atom. The minimum atomic E-state index is -1.02. The first-order chi connectivity index (χ1) is 6.70. The van der Waals surface area contributed by atoms with Crippen molar-refractivity contribution in [1.82, 2.24) is 14.6 Å². The molecule has 0 fully saturated rings. The molecule has 0 aliphatic carbocycles. The Morgan fingerprint density at radius 2 is 2.43 bits per heavy atom. The number of aromatic nitrogens is 3. The summed E-state index contributed by atoms with van der Waals surface area (Å²) < 4.78 is 1.57. The molecule has 72 valence electrons. The number of hydrogen-bond acceptors (Lipinski definition) is 3. The molecule has 0 spiro atoms. The Kier molecular flexibility index (Phi) is 1.92. The molecule has 5 heteroatoms. The Hall–Kier alpha value is -1.91. The van der Waals surface area contributed by atoms with Gasteiger partial charge in [0, 0.05) is 12.3 Å². The maximum absolute atomic E-state index is 10.6. The fourth-order valence-corrected chi connectivity index (χ4v) is 1.22. The molecule has 0 saturated heterocycles. The Balaban J connectivity index is 2.59. The summed E-state index contributed by atoms with van der Waals surface area (Å²) in [5.74, 6) is -1.02. The van der Waals surface area contributed by atoms with Crippen molar-refractivity contribution in [2.45, 2.75) is 13.3 Å². The third-order valence-corrected chi connectivity index (χ3v) is 1.96. The first kappa shape index (κ1) is 8.68. The fraction of sp³-hybridized carbons (Fsp3) is 0.222. The molecular weight excluding hydrogens is 182 g/mol. The van der Waals surface area contributed by atoms with Crippen molar-refractivity contribution in [3.63, 3.8) is 0 Å². The average Bonchev–Trinajstić information content (AvgIpc) is 2.58. The molecule has 0 radical (unpaired) electrons. The summed E-state index contributed by atoms with van der Waals surface area (Å²) in [6.07, 6.45) is 2.41. The molecule has 0 aliphatic heterocycles. The molecule has 0 amide bonds. The Bertz CT molecular complexity index is 490. The highest BCUT2D eigenvalue weighted by molar-refractivity contribution is 5.85. The van der Waals surface area contributed by atoms with Gasteiger partial charge >= 0.3 is 5.97 Å². The second kappa shape index (κ2) is 3.10. The van der Waals surface area contributed by atoms with E-state index in [0.29, 0.717) is 5.65 Å². The van der Waals surface area contributed by atoms with E-state index in [1.54, 1.807) is 16.8 Å². The number of aryl methyl sites for hydroxylation is 1. The van der Waals surface area contributed by atoms with Crippen LogP contribution in [0.4, 0.5) is 0 Å². The molecule has 0 aromatic carbocycles. The van der Waals surface area contributed by atoms with E-state index in [9.17, 15) is 4.79 Å². The smallest absolute Gasteiger partial charge is 0.354 e. The minimum Gasteiger partial charge on any atom is -0.477 e. The molecule has 2 rings (SSSR count). The number of carboxylic acid groups (broad SMARTS) is 1. The van der Waals surface area contributed by atoms with Crippen molar-refractivity contribution in [3.05, 3.63) is 29.7 Å². The van der Waals surface area contributed by atoms with Gasteiger partial charge in [-0.3, -0.25) is 0 Å². The van der Waals surface area contributed by atoms with Crippen LogP contribution in [0.2, 0.25) is 0 Å². The summed E-state index contributed by atoms with van der Waals surface area (Å²) in [4.78, 5) is 14.6. The second-order valence-electron chi connectivity index (χ2n) is 2.91. The highest BCUT2D eigenvalue weighted by Crippen LogP contribution is 2.05. The molecule has 0 atom stereocenters. The topological polar surface area (TPSA) is 67.5 Å². The summed E-state index contributed by atoms with van der Waals surface area (Å²) in [6, 6.07) is 3.22. The van der Waals surface area contributed by atoms with Gasteiger partial charge in [0.2, 0.25) is 0 Å². The molecule has 2 heterocycles. The number of hydrogen-bond donors (Lipinski definition) is 1. The molecule has 0 unspecified atom stereocenters. The van der Waals surface area contributed by atoms with E-state index in [1.165, 1.54) is 6.07 Å². The maximum Gasteiger partial charge on any atom is 0.354 e. The largest absolute Gasteiger partial charge is 0.477 e. The van der Waals surface area contributed by atoms with Crippen LogP contribution in [0.25, 0.3) is 5.65 Å². The lowest BCUT2D eigenvalue weighted by atomic mass is 10.3. The van der Waals surface area contributed by atoms with Crippen molar-refractivity contribution in [2.24, 2.45) is 0 Å². The van der Waals surface area contributed by atoms with Crippen LogP contribution in [0.5, 0.6) is 0 Å². The molecule has 1 N–H and O–H groups in total. The van der Waals surface area contributed by atoms with Crippen molar-refractivity contribution < 1.29 is 9.90 Å². The summed E-state index contributed by atoms with van der Waals surface area (Å²) >= 11 is 0. The van der Waals surface area contributed by atoms with E-state index in [4.69, 9.17) is 5.11 Å². The minimum absolute atomic E-state index is 0.0417. The summed E-state index contributed by atoms with van der Waals surface area (Å²) in [5, 5.41) is 12.9. The second-order valence-corrected chi connectivity index (χ2v) is 2.91. The number of rotatable bonds is 2. The van der Waals surface area contributed by atoms with E-state index in [1.807, 2.05) is 6.92 Å². The average molecular weight is 191 g/mol. The normalized spacial score (nSPS) is 10.6. The van der Waals surface area contributed by atoms with E-state index >= 15 is 0 Å². The molecule has 2 aromatic rings. The van der Waals surface area contributed by atoms with Gasteiger partial charge in [-0.25, -0.2) is 14.3 Å². The Labute approximate surface area is 80.0 Å². The predicted octanol–water partition coefficient (Wildman–Crippen LogP) is 0.990. The lowest BCUT2D eigenvalue weighted by molar-refractivity contribution is 0.0690. The third kappa shape index (κ3) is 1.32. The summed E-state index contributed by atoms with van der Waals surface area (Å²) in [6.45, 7) is 1.99. The van der Waals surface area contributed by atoms with Gasteiger partial charge in [0.15, 0.2) is 11.3 Å². The fourth-order valence-electron chi connectivity index (χ4n) is 1.22. The van der Waals surface area contributed by atoms with Gasteiger partial charge in [0.25, 0.3) is 0 Å². The van der Waals surface area contributed by atoms with E-state index in [-0.39, 0.29) is 5.69 Å². The zero-order valence-electron chi connectivity index (χ0n) is 7.64. The lowest BCUT2D eigenvalue weighted by Crippen LogP contribution is -2.01. The molecule has 14 heavy (non-hydrogen) atoms. The zero-order chi connectivity index (χ0) is 10.1. The number of fused-ring (bicyclic) bond motifs is 1. The number of nitrogens with zero attached hydrogens (tertiary/aromatic N) is 3. The first-order valence-corrected chi connectivity index (χ1v) is 4.29. The number of aromatic carboxylic acids is 1. The van der Waals surface area contributed by atoms with Crippen LogP contribution in [-0.2, 0) is 6.42 Å². The van der Waals surface area contributed by atoms with Gasteiger partial charge in [0.1, 0.15) is 0 Å². The zero-order valence-corrected chi connectivity index (χ0v) is 7.64. The standard InChI is InChI=1S/C9H9N3O2/c1-2-6-5-8-10-7(9(13)14)3-4-12(8)11-6/h3-5H,2H2,1H3,(H,13,14). The molecule has 2 aromatic heterocycles. The monoisotopic (exact) mass is 191 g/mol. The molecular formula is C9H9N3O2. The van der Waals surface area contributed by atoms with Crippen LogP contribution in [-0.4, -0.2) is 25.7 Å². The summed E-state index contributed by atoms with van der Waals surface area (Å²) in [5.41, 5.74) is 1.52. The van der Waals surface area contributed by atoms with Crippen molar-refractivity contribution in [1.29, 1.82) is 0 Å². The van der Waals surface area contributed by atoms with Gasteiger partial charge in [-0.2, -0.15) is 5.10 Å². The van der Waals surface area contributed by atoms with Crippen LogP contribution in [0, 0.1) is 0 Å². The van der Waals surface area contributed by atoms with E-state index in [2.05, 4.69) is 10.1 Å². The molecule has 0 bridgehead atoms. The SMILES string of the molecule is CCc1cc2nc(C(=O)O)ccn2n1. The quantitative estimate of drug-likeness (QED) is 0.768.